The summed E-state index contributed by atoms with van der Waals surface area (Å²) in [6.45, 7) is 1.71. The van der Waals surface area contributed by atoms with Crippen LogP contribution in [0.4, 0.5) is 14.9 Å². The number of halogens is 3. The van der Waals surface area contributed by atoms with Gasteiger partial charge in [0.05, 0.1) is 30.1 Å². The first-order valence-electron chi connectivity index (χ1n) is 6.72. The van der Waals surface area contributed by atoms with Crippen molar-refractivity contribution in [2.45, 2.75) is 6.92 Å². The second-order valence-electron chi connectivity index (χ2n) is 4.44. The molecule has 0 saturated heterocycles. The number of rotatable bonds is 4. The number of anilines is 1. The molecule has 0 spiro atoms. The predicted molar refractivity (Wildman–Crippen MR) is 88.3 cm³/mol. The summed E-state index contributed by atoms with van der Waals surface area (Å²) in [6, 6.07) is 4.17. The van der Waals surface area contributed by atoms with Crippen LogP contribution in [0.3, 0.4) is 0 Å². The summed E-state index contributed by atoms with van der Waals surface area (Å²) in [5.74, 6) is -1.17. The summed E-state index contributed by atoms with van der Waals surface area (Å²) in [6.07, 6.45) is -1.00. The first-order chi connectivity index (χ1) is 11.4. The van der Waals surface area contributed by atoms with Gasteiger partial charge in [-0.1, -0.05) is 23.2 Å². The van der Waals surface area contributed by atoms with Crippen LogP contribution in [0.2, 0.25) is 10.0 Å². The van der Waals surface area contributed by atoms with E-state index in [0.29, 0.717) is 0 Å². The third kappa shape index (κ3) is 3.63. The van der Waals surface area contributed by atoms with Gasteiger partial charge in [0.15, 0.2) is 11.6 Å². The molecule has 0 radical (unpaired) electrons. The Labute approximate surface area is 147 Å². The third-order valence-corrected chi connectivity index (χ3v) is 3.60. The molecule has 2 N–H and O–H groups in total. The van der Waals surface area contributed by atoms with E-state index in [1.807, 2.05) is 0 Å². The highest BCUT2D eigenvalue weighted by molar-refractivity contribution is 6.34. The number of pyridine rings is 1. The first-order valence-corrected chi connectivity index (χ1v) is 7.47. The Morgan fingerprint density at radius 1 is 1.38 bits per heavy atom. The Morgan fingerprint density at radius 3 is 2.71 bits per heavy atom. The number of aromatic nitrogens is 1. The van der Waals surface area contributed by atoms with Crippen molar-refractivity contribution in [1.82, 2.24) is 4.98 Å². The van der Waals surface area contributed by atoms with Gasteiger partial charge in [0.1, 0.15) is 5.02 Å². The molecule has 0 amide bonds. The van der Waals surface area contributed by atoms with Gasteiger partial charge in [-0.3, -0.25) is 0 Å². The van der Waals surface area contributed by atoms with Crippen molar-refractivity contribution in [3.8, 4) is 22.9 Å². The van der Waals surface area contributed by atoms with Gasteiger partial charge in [-0.05, 0) is 25.1 Å². The van der Waals surface area contributed by atoms with Gasteiger partial charge in [-0.25, -0.2) is 14.2 Å². The highest BCUT2D eigenvalue weighted by atomic mass is 35.5. The van der Waals surface area contributed by atoms with Crippen molar-refractivity contribution >= 4 is 35.0 Å². The average Bonchev–Trinajstić information content (AvgIpc) is 2.52. The van der Waals surface area contributed by atoms with Crippen molar-refractivity contribution in [3.05, 3.63) is 34.1 Å². The van der Waals surface area contributed by atoms with Gasteiger partial charge in [-0.15, -0.1) is 0 Å². The Kier molecular flexibility index (Phi) is 5.69. The molecule has 128 valence electrons. The standard InChI is InChI=1S/C15H13Cl2FN2O4/c1-3-23-15(21)24-14-11(17)9(19)6-10(20-14)7-4-5-8(16)13(22-2)12(7)18/h4-6H,3H2,1-2H3,(H2,19,20). The zero-order chi connectivity index (χ0) is 17.9. The summed E-state index contributed by atoms with van der Waals surface area (Å²) in [5, 5.41) is 0.0109. The van der Waals surface area contributed by atoms with Crippen LogP contribution in [-0.4, -0.2) is 24.9 Å². The van der Waals surface area contributed by atoms with E-state index in [9.17, 15) is 9.18 Å². The smallest absolute Gasteiger partial charge is 0.492 e. The molecule has 6 nitrogen and oxygen atoms in total. The Balaban J connectivity index is 2.52. The minimum Gasteiger partial charge on any atom is -0.492 e. The monoisotopic (exact) mass is 374 g/mol. The lowest BCUT2D eigenvalue weighted by Gasteiger charge is -2.12. The van der Waals surface area contributed by atoms with Crippen molar-refractivity contribution in [2.75, 3.05) is 19.5 Å². The van der Waals surface area contributed by atoms with E-state index < -0.39 is 12.0 Å². The zero-order valence-corrected chi connectivity index (χ0v) is 14.2. The number of hydrogen-bond acceptors (Lipinski definition) is 6. The van der Waals surface area contributed by atoms with Crippen LogP contribution in [0, 0.1) is 5.82 Å². The van der Waals surface area contributed by atoms with Crippen molar-refractivity contribution in [2.24, 2.45) is 0 Å². The third-order valence-electron chi connectivity index (χ3n) is 2.93. The number of benzene rings is 1. The summed E-state index contributed by atoms with van der Waals surface area (Å²) in [5.41, 5.74) is 5.96. The van der Waals surface area contributed by atoms with Crippen molar-refractivity contribution in [3.63, 3.8) is 0 Å². The summed E-state index contributed by atoms with van der Waals surface area (Å²) in [7, 11) is 1.28. The zero-order valence-electron chi connectivity index (χ0n) is 12.7. The summed E-state index contributed by atoms with van der Waals surface area (Å²) in [4.78, 5) is 15.5. The molecule has 0 fully saturated rings. The van der Waals surface area contributed by atoms with E-state index in [-0.39, 0.29) is 45.2 Å². The quantitative estimate of drug-likeness (QED) is 0.802. The highest BCUT2D eigenvalue weighted by Crippen LogP contribution is 2.38. The van der Waals surface area contributed by atoms with Gasteiger partial charge in [0.25, 0.3) is 0 Å². The number of nitrogens with two attached hydrogens (primary N) is 1. The number of carbonyl (C=O) groups is 1. The van der Waals surface area contributed by atoms with Crippen molar-refractivity contribution < 1.29 is 23.4 Å². The molecule has 1 aromatic carbocycles. The molecule has 0 unspecified atom stereocenters. The normalized spacial score (nSPS) is 10.4. The molecular formula is C15H13Cl2FN2O4. The van der Waals surface area contributed by atoms with Crippen LogP contribution in [0.25, 0.3) is 11.3 Å². The highest BCUT2D eigenvalue weighted by Gasteiger charge is 2.20. The molecule has 2 aromatic rings. The number of nitrogens with zero attached hydrogens (tertiary/aromatic N) is 1. The molecule has 0 aliphatic heterocycles. The number of methoxy groups -OCH3 is 1. The average molecular weight is 375 g/mol. The van der Waals surface area contributed by atoms with E-state index >= 15 is 0 Å². The van der Waals surface area contributed by atoms with Gasteiger partial charge >= 0.3 is 6.16 Å². The molecule has 1 aromatic heterocycles. The van der Waals surface area contributed by atoms with Crippen LogP contribution < -0.4 is 15.2 Å². The molecule has 0 atom stereocenters. The fourth-order valence-corrected chi connectivity index (χ4v) is 2.23. The molecule has 0 aliphatic carbocycles. The molecule has 0 saturated carbocycles. The van der Waals surface area contributed by atoms with Crippen molar-refractivity contribution in [1.29, 1.82) is 0 Å². The van der Waals surface area contributed by atoms with E-state index in [1.54, 1.807) is 6.92 Å². The molecular weight excluding hydrogens is 362 g/mol. The predicted octanol–water partition coefficient (Wildman–Crippen LogP) is 4.32. The van der Waals surface area contributed by atoms with Crippen LogP contribution in [0.15, 0.2) is 18.2 Å². The second kappa shape index (κ2) is 7.55. The second-order valence-corrected chi connectivity index (χ2v) is 5.23. The number of ether oxygens (including phenoxy) is 3. The Hall–Kier alpha value is -2.25. The number of carbonyl (C=O) groups excluding carboxylic acids is 1. The van der Waals surface area contributed by atoms with E-state index in [0.717, 1.165) is 0 Å². The van der Waals surface area contributed by atoms with Crippen LogP contribution in [-0.2, 0) is 4.74 Å². The maximum atomic E-state index is 14.5. The molecule has 0 bridgehead atoms. The van der Waals surface area contributed by atoms with E-state index in [4.69, 9.17) is 38.4 Å². The Morgan fingerprint density at radius 2 is 2.08 bits per heavy atom. The lowest BCUT2D eigenvalue weighted by Crippen LogP contribution is -2.12. The topological polar surface area (TPSA) is 83.7 Å². The van der Waals surface area contributed by atoms with E-state index in [2.05, 4.69) is 9.72 Å². The molecule has 2 rings (SSSR count). The fourth-order valence-electron chi connectivity index (χ4n) is 1.87. The molecule has 24 heavy (non-hydrogen) atoms. The van der Waals surface area contributed by atoms with Crippen LogP contribution in [0.1, 0.15) is 6.92 Å². The fraction of sp³-hybridized carbons (Fsp3) is 0.200. The molecule has 9 heteroatoms. The lowest BCUT2D eigenvalue weighted by atomic mass is 10.1. The van der Waals surface area contributed by atoms with Gasteiger partial charge in [0, 0.05) is 5.56 Å². The van der Waals surface area contributed by atoms with Gasteiger partial charge in [0.2, 0.25) is 5.88 Å². The Bertz CT molecular complexity index is 787. The SMILES string of the molecule is CCOC(=O)Oc1nc(-c2ccc(Cl)c(OC)c2F)cc(N)c1Cl. The molecule has 1 heterocycles. The summed E-state index contributed by atoms with van der Waals surface area (Å²) < 4.78 is 29.0. The number of hydrogen-bond donors (Lipinski definition) is 1. The minimum atomic E-state index is -1.00. The number of nitrogen functional groups attached to an aromatic ring is 1. The molecule has 0 aliphatic rings. The van der Waals surface area contributed by atoms with Crippen LogP contribution >= 0.6 is 23.2 Å². The largest absolute Gasteiger partial charge is 0.515 e. The maximum absolute atomic E-state index is 14.5. The van der Waals surface area contributed by atoms with Gasteiger partial charge < -0.3 is 19.9 Å². The summed E-state index contributed by atoms with van der Waals surface area (Å²) >= 11 is 11.8. The first kappa shape index (κ1) is 18.1. The van der Waals surface area contributed by atoms with E-state index in [1.165, 1.54) is 25.3 Å². The maximum Gasteiger partial charge on any atom is 0.515 e. The minimum absolute atomic E-state index is 0.0494. The van der Waals surface area contributed by atoms with Gasteiger partial charge in [-0.2, -0.15) is 0 Å². The lowest BCUT2D eigenvalue weighted by molar-refractivity contribution is 0.103. The van der Waals surface area contributed by atoms with Crippen LogP contribution in [0.5, 0.6) is 11.6 Å².